The average Bonchev–Trinajstić information content (AvgIpc) is 2.74. The van der Waals surface area contributed by atoms with E-state index in [9.17, 15) is 18.4 Å². The summed E-state index contributed by atoms with van der Waals surface area (Å²) in [5, 5.41) is 5.77. The number of carbonyl (C=O) groups is 2. The van der Waals surface area contributed by atoms with Crippen molar-refractivity contribution in [3.05, 3.63) is 42.1 Å². The van der Waals surface area contributed by atoms with E-state index in [2.05, 4.69) is 15.6 Å². The van der Waals surface area contributed by atoms with Gasteiger partial charge in [0.25, 0.3) is 0 Å². The second kappa shape index (κ2) is 9.60. The van der Waals surface area contributed by atoms with Gasteiger partial charge in [0.2, 0.25) is 11.8 Å². The summed E-state index contributed by atoms with van der Waals surface area (Å²) in [5.74, 6) is -1.40. The van der Waals surface area contributed by atoms with Crippen molar-refractivity contribution in [2.45, 2.75) is 31.7 Å². The lowest BCUT2D eigenvalue weighted by Crippen LogP contribution is -2.48. The van der Waals surface area contributed by atoms with Crippen LogP contribution in [-0.4, -0.2) is 43.2 Å². The lowest BCUT2D eigenvalue weighted by atomic mass is 9.84. The summed E-state index contributed by atoms with van der Waals surface area (Å²) >= 11 is 0. The number of anilines is 1. The Balaban J connectivity index is 1.44. The van der Waals surface area contributed by atoms with Crippen LogP contribution in [0.3, 0.4) is 0 Å². The third-order valence-corrected chi connectivity index (χ3v) is 5.96. The number of halogens is 2. The first-order chi connectivity index (χ1) is 15.4. The molecule has 7 nitrogen and oxygen atoms in total. The van der Waals surface area contributed by atoms with Gasteiger partial charge in [0.05, 0.1) is 32.4 Å². The highest BCUT2D eigenvalue weighted by Gasteiger charge is 2.32. The number of nitrogens with zero attached hydrogens (tertiary/aromatic N) is 1. The normalized spacial score (nSPS) is 20.8. The van der Waals surface area contributed by atoms with Gasteiger partial charge in [-0.3, -0.25) is 9.59 Å². The van der Waals surface area contributed by atoms with E-state index in [0.29, 0.717) is 31.6 Å². The standard InChI is InChI=1S/C23H25F2N3O4/c1-31-20-8-15(24)5-6-17(20)18-9-21(26-10-19(18)25)28-22(29)13-3-2-4-16(7-13)27-23(30)14-11-32-12-14/h5-6,8-10,13-14,16H,2-4,7,11-12H2,1H3,(H,27,30)(H,26,28,29)/t13-,16+/m0/s1. The predicted molar refractivity (Wildman–Crippen MR) is 113 cm³/mol. The number of hydrogen-bond donors (Lipinski definition) is 2. The van der Waals surface area contributed by atoms with Crippen LogP contribution in [0.15, 0.2) is 30.5 Å². The van der Waals surface area contributed by atoms with Crippen LogP contribution in [0, 0.1) is 23.5 Å². The monoisotopic (exact) mass is 445 g/mol. The first kappa shape index (κ1) is 22.1. The summed E-state index contributed by atoms with van der Waals surface area (Å²) in [6.07, 6.45) is 3.89. The molecule has 1 aliphatic heterocycles. The molecule has 2 heterocycles. The number of nitrogens with one attached hydrogen (secondary N) is 2. The SMILES string of the molecule is COc1cc(F)ccc1-c1cc(NC(=O)[C@H]2CCC[C@@H](NC(=O)C3COC3)C2)ncc1F. The lowest BCUT2D eigenvalue weighted by Gasteiger charge is -2.32. The molecule has 0 radical (unpaired) electrons. The number of ether oxygens (including phenoxy) is 2. The molecule has 2 atom stereocenters. The summed E-state index contributed by atoms with van der Waals surface area (Å²) in [4.78, 5) is 29.0. The molecule has 0 unspecified atom stereocenters. The topological polar surface area (TPSA) is 89.6 Å². The van der Waals surface area contributed by atoms with Crippen molar-refractivity contribution < 1.29 is 27.8 Å². The summed E-state index contributed by atoms with van der Waals surface area (Å²) in [6, 6.07) is 5.14. The van der Waals surface area contributed by atoms with Crippen molar-refractivity contribution in [1.29, 1.82) is 0 Å². The zero-order chi connectivity index (χ0) is 22.7. The Morgan fingerprint density at radius 2 is 1.91 bits per heavy atom. The molecule has 2 N–H and O–H groups in total. The van der Waals surface area contributed by atoms with E-state index in [1.165, 1.54) is 31.4 Å². The minimum absolute atomic E-state index is 0.0274. The Morgan fingerprint density at radius 3 is 2.62 bits per heavy atom. The number of amides is 2. The van der Waals surface area contributed by atoms with Gasteiger partial charge in [-0.15, -0.1) is 0 Å². The van der Waals surface area contributed by atoms with Gasteiger partial charge in [-0.1, -0.05) is 6.42 Å². The maximum Gasteiger partial charge on any atom is 0.228 e. The summed E-state index contributed by atoms with van der Waals surface area (Å²) in [6.45, 7) is 0.889. The van der Waals surface area contributed by atoms with Gasteiger partial charge in [0.1, 0.15) is 23.2 Å². The van der Waals surface area contributed by atoms with Gasteiger partial charge < -0.3 is 20.1 Å². The van der Waals surface area contributed by atoms with Crippen LogP contribution in [0.4, 0.5) is 14.6 Å². The van der Waals surface area contributed by atoms with Crippen LogP contribution in [0.25, 0.3) is 11.1 Å². The molecule has 2 amide bonds. The van der Waals surface area contributed by atoms with E-state index in [-0.39, 0.29) is 46.8 Å². The van der Waals surface area contributed by atoms with Gasteiger partial charge in [-0.2, -0.15) is 0 Å². The van der Waals surface area contributed by atoms with E-state index in [1.54, 1.807) is 0 Å². The maximum atomic E-state index is 14.5. The molecule has 1 saturated heterocycles. The third-order valence-electron chi connectivity index (χ3n) is 5.96. The second-order valence-electron chi connectivity index (χ2n) is 8.19. The van der Waals surface area contributed by atoms with Crippen LogP contribution in [0.5, 0.6) is 5.75 Å². The lowest BCUT2D eigenvalue weighted by molar-refractivity contribution is -0.140. The van der Waals surface area contributed by atoms with Crippen molar-refractivity contribution in [1.82, 2.24) is 10.3 Å². The van der Waals surface area contributed by atoms with Gasteiger partial charge in [0, 0.05) is 29.2 Å². The van der Waals surface area contributed by atoms with Crippen molar-refractivity contribution in [3.63, 3.8) is 0 Å². The number of carbonyl (C=O) groups excluding carboxylic acids is 2. The zero-order valence-electron chi connectivity index (χ0n) is 17.7. The largest absolute Gasteiger partial charge is 0.496 e. The van der Waals surface area contributed by atoms with Crippen molar-refractivity contribution in [2.75, 3.05) is 25.6 Å². The van der Waals surface area contributed by atoms with Gasteiger partial charge in [-0.05, 0) is 37.5 Å². The number of methoxy groups -OCH3 is 1. The summed E-state index contributed by atoms with van der Waals surface area (Å²) in [5.41, 5.74) is 0.494. The molecule has 2 fully saturated rings. The zero-order valence-corrected chi connectivity index (χ0v) is 17.7. The molecule has 170 valence electrons. The highest BCUT2D eigenvalue weighted by atomic mass is 19.1. The molecule has 1 saturated carbocycles. The Bertz CT molecular complexity index is 1010. The minimum Gasteiger partial charge on any atom is -0.496 e. The van der Waals surface area contributed by atoms with Gasteiger partial charge in [-0.25, -0.2) is 13.8 Å². The number of benzene rings is 1. The predicted octanol–water partition coefficient (Wildman–Crippen LogP) is 3.30. The highest BCUT2D eigenvalue weighted by molar-refractivity contribution is 5.92. The molecular weight excluding hydrogens is 420 g/mol. The Hall–Kier alpha value is -3.07. The maximum absolute atomic E-state index is 14.5. The molecule has 1 aliphatic carbocycles. The molecule has 32 heavy (non-hydrogen) atoms. The second-order valence-corrected chi connectivity index (χ2v) is 8.19. The average molecular weight is 445 g/mol. The van der Waals surface area contributed by atoms with E-state index < -0.39 is 11.6 Å². The van der Waals surface area contributed by atoms with E-state index >= 15 is 0 Å². The first-order valence-corrected chi connectivity index (χ1v) is 10.6. The fraction of sp³-hybridized carbons (Fsp3) is 0.435. The molecule has 0 bridgehead atoms. The summed E-state index contributed by atoms with van der Waals surface area (Å²) < 4.78 is 38.2. The molecule has 4 rings (SSSR count). The van der Waals surface area contributed by atoms with Crippen molar-refractivity contribution in [2.24, 2.45) is 11.8 Å². The van der Waals surface area contributed by atoms with E-state index in [1.807, 2.05) is 0 Å². The number of pyridine rings is 1. The highest BCUT2D eigenvalue weighted by Crippen LogP contribution is 2.34. The Morgan fingerprint density at radius 1 is 1.09 bits per heavy atom. The van der Waals surface area contributed by atoms with E-state index in [4.69, 9.17) is 9.47 Å². The molecule has 2 aliphatic rings. The fourth-order valence-corrected chi connectivity index (χ4v) is 4.09. The number of rotatable bonds is 6. The van der Waals surface area contributed by atoms with Crippen LogP contribution < -0.4 is 15.4 Å². The number of hydrogen-bond acceptors (Lipinski definition) is 5. The van der Waals surface area contributed by atoms with Gasteiger partial charge in [0.15, 0.2) is 0 Å². The molecule has 2 aromatic rings. The van der Waals surface area contributed by atoms with Crippen LogP contribution in [0.2, 0.25) is 0 Å². The molecule has 9 heteroatoms. The Labute approximate surface area is 184 Å². The van der Waals surface area contributed by atoms with E-state index in [0.717, 1.165) is 19.0 Å². The molecule has 0 spiro atoms. The van der Waals surface area contributed by atoms with Crippen LogP contribution >= 0.6 is 0 Å². The molecule has 1 aromatic heterocycles. The molecule has 1 aromatic carbocycles. The smallest absolute Gasteiger partial charge is 0.228 e. The number of aromatic nitrogens is 1. The summed E-state index contributed by atoms with van der Waals surface area (Å²) in [7, 11) is 1.37. The van der Waals surface area contributed by atoms with Crippen molar-refractivity contribution in [3.8, 4) is 16.9 Å². The first-order valence-electron chi connectivity index (χ1n) is 10.6. The fourth-order valence-electron chi connectivity index (χ4n) is 4.09. The quantitative estimate of drug-likeness (QED) is 0.712. The third kappa shape index (κ3) is 4.88. The van der Waals surface area contributed by atoms with Gasteiger partial charge >= 0.3 is 0 Å². The van der Waals surface area contributed by atoms with Crippen molar-refractivity contribution >= 4 is 17.6 Å². The van der Waals surface area contributed by atoms with Crippen LogP contribution in [-0.2, 0) is 14.3 Å². The Kier molecular flexibility index (Phi) is 6.64. The van der Waals surface area contributed by atoms with Crippen LogP contribution in [0.1, 0.15) is 25.7 Å². The minimum atomic E-state index is -0.617. The molecular formula is C23H25F2N3O4.